The van der Waals surface area contributed by atoms with Crippen LogP contribution >= 0.6 is 11.6 Å². The van der Waals surface area contributed by atoms with E-state index in [9.17, 15) is 5.11 Å². The van der Waals surface area contributed by atoms with E-state index in [1.165, 1.54) is 6.33 Å². The number of nitrogens with zero attached hydrogens (tertiary/aromatic N) is 4. The maximum absolute atomic E-state index is 11.3. The van der Waals surface area contributed by atoms with E-state index in [-0.39, 0.29) is 23.3 Å². The van der Waals surface area contributed by atoms with Crippen molar-refractivity contribution in [3.8, 4) is 0 Å². The fourth-order valence-electron chi connectivity index (χ4n) is 4.50. The second kappa shape index (κ2) is 7.55. The van der Waals surface area contributed by atoms with Crippen LogP contribution in [0.2, 0.25) is 5.15 Å². The summed E-state index contributed by atoms with van der Waals surface area (Å²) in [5.74, 6) is -1.02. The zero-order chi connectivity index (χ0) is 20.9. The predicted molar refractivity (Wildman–Crippen MR) is 109 cm³/mol. The molecule has 1 N–H and O–H groups in total. The minimum absolute atomic E-state index is 0.264. The smallest absolute Gasteiger partial charge is 0.165 e. The summed E-state index contributed by atoms with van der Waals surface area (Å²) in [4.78, 5) is 12.6. The Hall–Kier alpha value is -2.10. The lowest BCUT2D eigenvalue weighted by molar-refractivity contribution is -0.174. The van der Waals surface area contributed by atoms with Gasteiger partial charge in [0.05, 0.1) is 37.8 Å². The molecule has 30 heavy (non-hydrogen) atoms. The standard InChI is InChI=1S/C21H23ClN4O4/c1-21(2)29-17-13(9-28-8-12-6-4-3-5-7-12)16(27)15(18(17)30-21)26-11-25-14-19(22)23-10-24-20(14)26/h3-7,10-11,13,15-18,27H,8-9H2,1-2H3/t13-,15+,16-,17+,18-/m0/s1. The topological polar surface area (TPSA) is 91.5 Å². The number of aromatic nitrogens is 4. The Labute approximate surface area is 178 Å². The number of hydrogen-bond donors (Lipinski definition) is 1. The number of aliphatic hydroxyl groups is 1. The highest BCUT2D eigenvalue weighted by molar-refractivity contribution is 6.33. The molecule has 1 saturated carbocycles. The molecule has 0 spiro atoms. The maximum atomic E-state index is 11.3. The zero-order valence-corrected chi connectivity index (χ0v) is 17.4. The van der Waals surface area contributed by atoms with Gasteiger partial charge in [-0.25, -0.2) is 15.0 Å². The molecule has 8 nitrogen and oxygen atoms in total. The molecular formula is C21H23ClN4O4. The third-order valence-electron chi connectivity index (χ3n) is 5.77. The summed E-state index contributed by atoms with van der Waals surface area (Å²) < 4.78 is 20.1. The van der Waals surface area contributed by atoms with Crippen molar-refractivity contribution in [1.29, 1.82) is 0 Å². The van der Waals surface area contributed by atoms with Crippen molar-refractivity contribution >= 4 is 22.8 Å². The van der Waals surface area contributed by atoms with Gasteiger partial charge in [-0.2, -0.15) is 0 Å². The van der Waals surface area contributed by atoms with Crippen molar-refractivity contribution in [2.24, 2.45) is 5.92 Å². The fraction of sp³-hybridized carbons (Fsp3) is 0.476. The molecule has 3 heterocycles. The molecule has 0 radical (unpaired) electrons. The van der Waals surface area contributed by atoms with E-state index < -0.39 is 17.9 Å². The van der Waals surface area contributed by atoms with Crippen LogP contribution < -0.4 is 0 Å². The van der Waals surface area contributed by atoms with E-state index in [1.54, 1.807) is 6.33 Å². The number of imidazole rings is 1. The number of rotatable bonds is 5. The van der Waals surface area contributed by atoms with Gasteiger partial charge in [-0.3, -0.25) is 0 Å². The highest BCUT2D eigenvalue weighted by Gasteiger charge is 2.59. The van der Waals surface area contributed by atoms with E-state index >= 15 is 0 Å². The van der Waals surface area contributed by atoms with Gasteiger partial charge in [0, 0.05) is 5.92 Å². The van der Waals surface area contributed by atoms with Crippen molar-refractivity contribution < 1.29 is 19.3 Å². The Balaban J connectivity index is 1.42. The first-order valence-electron chi connectivity index (χ1n) is 9.93. The Bertz CT molecular complexity index is 1040. The molecule has 0 bridgehead atoms. The van der Waals surface area contributed by atoms with E-state index in [2.05, 4.69) is 15.0 Å². The number of hydrogen-bond acceptors (Lipinski definition) is 7. The monoisotopic (exact) mass is 430 g/mol. The molecule has 1 saturated heterocycles. The third kappa shape index (κ3) is 3.38. The van der Waals surface area contributed by atoms with Gasteiger partial charge in [-0.1, -0.05) is 41.9 Å². The van der Waals surface area contributed by atoms with Gasteiger partial charge in [0.1, 0.15) is 17.9 Å². The van der Waals surface area contributed by atoms with Crippen LogP contribution in [0.3, 0.4) is 0 Å². The predicted octanol–water partition coefficient (Wildman–Crippen LogP) is 2.75. The molecule has 3 aromatic rings. The van der Waals surface area contributed by atoms with E-state index in [4.69, 9.17) is 25.8 Å². The van der Waals surface area contributed by atoms with Crippen molar-refractivity contribution in [2.75, 3.05) is 6.61 Å². The number of aliphatic hydroxyl groups excluding tert-OH is 1. The minimum Gasteiger partial charge on any atom is -0.390 e. The molecule has 1 aromatic carbocycles. The Morgan fingerprint density at radius 1 is 1.13 bits per heavy atom. The number of fused-ring (bicyclic) bond motifs is 2. The molecule has 1 aliphatic heterocycles. The van der Waals surface area contributed by atoms with E-state index in [0.717, 1.165) is 5.56 Å². The second-order valence-corrected chi connectivity index (χ2v) is 8.56. The van der Waals surface area contributed by atoms with E-state index in [1.807, 2.05) is 48.7 Å². The summed E-state index contributed by atoms with van der Waals surface area (Å²) in [6, 6.07) is 9.51. The largest absolute Gasteiger partial charge is 0.390 e. The Morgan fingerprint density at radius 3 is 2.70 bits per heavy atom. The first kappa shape index (κ1) is 19.8. The van der Waals surface area contributed by atoms with Gasteiger partial charge in [0.15, 0.2) is 16.6 Å². The van der Waals surface area contributed by atoms with Crippen molar-refractivity contribution in [2.45, 2.75) is 50.6 Å². The molecule has 158 valence electrons. The van der Waals surface area contributed by atoms with Gasteiger partial charge >= 0.3 is 0 Å². The highest BCUT2D eigenvalue weighted by atomic mass is 35.5. The van der Waals surface area contributed by atoms with Gasteiger partial charge in [0.25, 0.3) is 0 Å². The quantitative estimate of drug-likeness (QED) is 0.622. The fourth-order valence-corrected chi connectivity index (χ4v) is 4.68. The maximum Gasteiger partial charge on any atom is 0.165 e. The lowest BCUT2D eigenvalue weighted by Gasteiger charge is -2.28. The van der Waals surface area contributed by atoms with E-state index in [0.29, 0.717) is 24.4 Å². The molecule has 5 rings (SSSR count). The minimum atomic E-state index is -0.766. The lowest BCUT2D eigenvalue weighted by Crippen LogP contribution is -2.35. The Kier molecular flexibility index (Phi) is 4.99. The second-order valence-electron chi connectivity index (χ2n) is 8.20. The number of halogens is 1. The van der Waals surface area contributed by atoms with Crippen LogP contribution in [-0.2, 0) is 20.8 Å². The Morgan fingerprint density at radius 2 is 1.90 bits per heavy atom. The van der Waals surface area contributed by atoms with Crippen LogP contribution in [0.4, 0.5) is 0 Å². The van der Waals surface area contributed by atoms with Crippen molar-refractivity contribution in [3.05, 3.63) is 53.7 Å². The summed E-state index contributed by atoms with van der Waals surface area (Å²) in [5, 5.41) is 11.5. The number of benzene rings is 1. The van der Waals surface area contributed by atoms with Crippen LogP contribution in [0.15, 0.2) is 43.0 Å². The third-order valence-corrected chi connectivity index (χ3v) is 6.04. The van der Waals surface area contributed by atoms with Crippen LogP contribution in [0, 0.1) is 5.92 Å². The van der Waals surface area contributed by atoms with Gasteiger partial charge < -0.3 is 23.9 Å². The molecule has 1 aliphatic carbocycles. The van der Waals surface area contributed by atoms with Crippen LogP contribution in [-0.4, -0.2) is 55.3 Å². The van der Waals surface area contributed by atoms with Gasteiger partial charge in [-0.05, 0) is 19.4 Å². The van der Waals surface area contributed by atoms with Crippen LogP contribution in [0.1, 0.15) is 25.5 Å². The summed E-state index contributed by atoms with van der Waals surface area (Å²) in [5.41, 5.74) is 2.12. The summed E-state index contributed by atoms with van der Waals surface area (Å²) in [6.07, 6.45) is 1.56. The summed E-state index contributed by atoms with van der Waals surface area (Å²) in [7, 11) is 0. The van der Waals surface area contributed by atoms with Crippen LogP contribution in [0.25, 0.3) is 11.2 Å². The SMILES string of the molecule is CC1(C)O[C@@H]2[C@@H](COCc3ccccc3)[C@H](O)[C@@H](n3cnc4c(Cl)ncnc43)[C@@H]2O1. The van der Waals surface area contributed by atoms with Crippen molar-refractivity contribution in [1.82, 2.24) is 19.5 Å². The summed E-state index contributed by atoms with van der Waals surface area (Å²) in [6.45, 7) is 4.56. The number of ether oxygens (including phenoxy) is 3. The van der Waals surface area contributed by atoms with Gasteiger partial charge in [-0.15, -0.1) is 0 Å². The zero-order valence-electron chi connectivity index (χ0n) is 16.7. The van der Waals surface area contributed by atoms with Crippen LogP contribution in [0.5, 0.6) is 0 Å². The van der Waals surface area contributed by atoms with Crippen molar-refractivity contribution in [3.63, 3.8) is 0 Å². The summed E-state index contributed by atoms with van der Waals surface area (Å²) >= 11 is 6.16. The normalized spacial score (nSPS) is 30.1. The van der Waals surface area contributed by atoms with Gasteiger partial charge in [0.2, 0.25) is 0 Å². The molecule has 2 fully saturated rings. The molecule has 2 aromatic heterocycles. The first-order valence-corrected chi connectivity index (χ1v) is 10.3. The average molecular weight is 431 g/mol. The molecule has 2 aliphatic rings. The molecule has 5 atom stereocenters. The molecular weight excluding hydrogens is 408 g/mol. The molecule has 0 amide bonds. The highest BCUT2D eigenvalue weighted by Crippen LogP contribution is 2.47. The lowest BCUT2D eigenvalue weighted by atomic mass is 10.0. The first-order chi connectivity index (χ1) is 14.4. The average Bonchev–Trinajstić information content (AvgIpc) is 3.34. The molecule has 9 heteroatoms. The molecule has 0 unspecified atom stereocenters.